The molecule has 1 amide bonds. The van der Waals surface area contributed by atoms with E-state index in [1.807, 2.05) is 77.6 Å². The molecule has 0 radical (unpaired) electrons. The summed E-state index contributed by atoms with van der Waals surface area (Å²) in [5.74, 6) is -0.188. The van der Waals surface area contributed by atoms with E-state index in [0.717, 1.165) is 34.3 Å². The number of hydrogen-bond acceptors (Lipinski definition) is 5. The predicted molar refractivity (Wildman–Crippen MR) is 140 cm³/mol. The van der Waals surface area contributed by atoms with E-state index in [-0.39, 0.29) is 11.9 Å². The molecule has 0 fully saturated rings. The van der Waals surface area contributed by atoms with Gasteiger partial charge in [-0.15, -0.1) is 0 Å². The average molecular weight is 500 g/mol. The van der Waals surface area contributed by atoms with Crippen LogP contribution in [0.1, 0.15) is 30.5 Å². The van der Waals surface area contributed by atoms with E-state index < -0.39 is 10.0 Å². The zero-order chi connectivity index (χ0) is 25.3. The first kappa shape index (κ1) is 23.5. The molecule has 0 saturated carbocycles. The van der Waals surface area contributed by atoms with Crippen LogP contribution in [0.25, 0.3) is 16.9 Å². The minimum absolute atomic E-state index is 0.188. The largest absolute Gasteiger partial charge is 0.284 e. The molecule has 9 heteroatoms. The molecule has 1 aliphatic heterocycles. The number of rotatable bonds is 6. The second-order valence-corrected chi connectivity index (χ2v) is 10.4. The van der Waals surface area contributed by atoms with Crippen molar-refractivity contribution in [1.82, 2.24) is 14.8 Å². The molecule has 1 aromatic heterocycles. The Bertz CT molecular complexity index is 1550. The number of nitrogens with one attached hydrogen (secondary N) is 1. The molecular formula is C27H25N5O3S. The van der Waals surface area contributed by atoms with E-state index in [1.165, 1.54) is 11.9 Å². The zero-order valence-electron chi connectivity index (χ0n) is 19.9. The lowest BCUT2D eigenvalue weighted by molar-refractivity contribution is -0.130. The minimum atomic E-state index is -3.42. The molecule has 0 spiro atoms. The molecule has 0 saturated heterocycles. The van der Waals surface area contributed by atoms with Crippen LogP contribution in [0.4, 0.5) is 5.69 Å². The number of nitrogens with zero attached hydrogens (tertiary/aromatic N) is 4. The van der Waals surface area contributed by atoms with Crippen LogP contribution in [0.15, 0.2) is 96.2 Å². The Kier molecular flexibility index (Phi) is 6.15. The fourth-order valence-electron chi connectivity index (χ4n) is 4.36. The van der Waals surface area contributed by atoms with Crippen molar-refractivity contribution in [2.24, 2.45) is 5.10 Å². The minimum Gasteiger partial charge on any atom is -0.284 e. The van der Waals surface area contributed by atoms with Gasteiger partial charge >= 0.3 is 0 Å². The fraction of sp³-hybridized carbons (Fsp3) is 0.148. The number of carbonyl (C=O) groups is 1. The van der Waals surface area contributed by atoms with Crippen LogP contribution in [-0.2, 0) is 14.8 Å². The van der Waals surface area contributed by atoms with Gasteiger partial charge in [0.15, 0.2) is 0 Å². The van der Waals surface area contributed by atoms with Gasteiger partial charge in [0.1, 0.15) is 0 Å². The normalized spacial score (nSPS) is 15.6. The van der Waals surface area contributed by atoms with Crippen LogP contribution in [0.3, 0.4) is 0 Å². The Morgan fingerprint density at radius 2 is 1.61 bits per heavy atom. The molecule has 1 aliphatic rings. The number of aromatic nitrogens is 2. The topological polar surface area (TPSA) is 96.7 Å². The molecule has 182 valence electrons. The van der Waals surface area contributed by atoms with Gasteiger partial charge in [-0.05, 0) is 29.8 Å². The highest BCUT2D eigenvalue weighted by atomic mass is 32.2. The summed E-state index contributed by atoms with van der Waals surface area (Å²) in [7, 11) is -3.42. The third-order valence-electron chi connectivity index (χ3n) is 5.90. The maximum atomic E-state index is 12.7. The summed E-state index contributed by atoms with van der Waals surface area (Å²) < 4.78 is 27.7. The average Bonchev–Trinajstić information content (AvgIpc) is 3.50. The van der Waals surface area contributed by atoms with E-state index in [4.69, 9.17) is 5.10 Å². The van der Waals surface area contributed by atoms with E-state index in [1.54, 1.807) is 18.2 Å². The third-order valence-corrected chi connectivity index (χ3v) is 6.51. The Hall–Kier alpha value is -4.24. The molecule has 36 heavy (non-hydrogen) atoms. The van der Waals surface area contributed by atoms with Crippen molar-refractivity contribution in [3.05, 3.63) is 102 Å². The van der Waals surface area contributed by atoms with Crippen LogP contribution in [-0.4, -0.2) is 41.1 Å². The van der Waals surface area contributed by atoms with Gasteiger partial charge in [0.2, 0.25) is 15.9 Å². The smallest absolute Gasteiger partial charge is 0.240 e. The van der Waals surface area contributed by atoms with Gasteiger partial charge in [-0.2, -0.15) is 10.2 Å². The summed E-state index contributed by atoms with van der Waals surface area (Å²) in [6.07, 6.45) is 3.52. The zero-order valence-corrected chi connectivity index (χ0v) is 20.7. The molecular weight excluding hydrogens is 474 g/mol. The highest BCUT2D eigenvalue weighted by Crippen LogP contribution is 2.38. The molecule has 5 rings (SSSR count). The van der Waals surface area contributed by atoms with Crippen molar-refractivity contribution in [3.8, 4) is 16.9 Å². The number of hydrazone groups is 1. The molecule has 0 bridgehead atoms. The number of hydrogen-bond donors (Lipinski definition) is 1. The molecule has 1 atom stereocenters. The molecule has 3 aromatic carbocycles. The highest BCUT2D eigenvalue weighted by molar-refractivity contribution is 7.92. The third kappa shape index (κ3) is 4.92. The maximum Gasteiger partial charge on any atom is 0.240 e. The van der Waals surface area contributed by atoms with Crippen LogP contribution >= 0.6 is 0 Å². The predicted octanol–water partition coefficient (Wildman–Crippen LogP) is 4.61. The molecule has 1 N–H and O–H groups in total. The lowest BCUT2D eigenvalue weighted by Crippen LogP contribution is -2.24. The maximum absolute atomic E-state index is 12.7. The van der Waals surface area contributed by atoms with E-state index >= 15 is 0 Å². The van der Waals surface area contributed by atoms with Crippen molar-refractivity contribution in [1.29, 1.82) is 0 Å². The molecule has 0 aliphatic carbocycles. The number of amides is 1. The number of anilines is 1. The lowest BCUT2D eigenvalue weighted by Gasteiger charge is -2.20. The molecule has 8 nitrogen and oxygen atoms in total. The first-order valence-electron chi connectivity index (χ1n) is 11.4. The lowest BCUT2D eigenvalue weighted by atomic mass is 9.96. The van der Waals surface area contributed by atoms with Gasteiger partial charge in [-0.3, -0.25) is 9.52 Å². The number of para-hydroxylation sites is 1. The molecule has 0 unspecified atom stereocenters. The summed E-state index contributed by atoms with van der Waals surface area (Å²) in [6, 6.07) is 26.3. The molecule has 4 aromatic rings. The first-order chi connectivity index (χ1) is 17.3. The van der Waals surface area contributed by atoms with Crippen LogP contribution in [0, 0.1) is 0 Å². The van der Waals surface area contributed by atoms with Crippen molar-refractivity contribution >= 4 is 27.3 Å². The van der Waals surface area contributed by atoms with Gasteiger partial charge in [-0.25, -0.2) is 18.1 Å². The highest BCUT2D eigenvalue weighted by Gasteiger charge is 2.34. The van der Waals surface area contributed by atoms with Crippen molar-refractivity contribution in [3.63, 3.8) is 0 Å². The van der Waals surface area contributed by atoms with E-state index in [9.17, 15) is 13.2 Å². The second-order valence-electron chi connectivity index (χ2n) is 8.66. The standard InChI is InChI=1S/C27H25N5O3S/c1-19(33)32-26(17-25(28-32)21-12-9-13-22(16-21)30-36(2,34)35)24-18-31(23-14-7-4-8-15-23)29-27(24)20-10-5-3-6-11-20/h3-16,18,26,30H,17H2,1-2H3/t26-/m1/s1. The second kappa shape index (κ2) is 9.43. The van der Waals surface area contributed by atoms with Gasteiger partial charge in [-0.1, -0.05) is 60.7 Å². The summed E-state index contributed by atoms with van der Waals surface area (Å²) in [6.45, 7) is 1.49. The van der Waals surface area contributed by atoms with Crippen LogP contribution < -0.4 is 4.72 Å². The Balaban J connectivity index is 1.56. The summed E-state index contributed by atoms with van der Waals surface area (Å²) in [4.78, 5) is 12.7. The van der Waals surface area contributed by atoms with Crippen molar-refractivity contribution in [2.45, 2.75) is 19.4 Å². The summed E-state index contributed by atoms with van der Waals surface area (Å²) in [5.41, 5.74) is 5.39. The number of sulfonamides is 1. The number of benzene rings is 3. The molecule has 2 heterocycles. The first-order valence-corrected chi connectivity index (χ1v) is 13.3. The van der Waals surface area contributed by atoms with Gasteiger partial charge in [0.25, 0.3) is 0 Å². The monoisotopic (exact) mass is 499 g/mol. The Morgan fingerprint density at radius 1 is 0.944 bits per heavy atom. The van der Waals surface area contributed by atoms with Crippen LogP contribution in [0.5, 0.6) is 0 Å². The van der Waals surface area contributed by atoms with Gasteiger partial charge in [0, 0.05) is 36.4 Å². The van der Waals surface area contributed by atoms with Gasteiger partial charge in [0.05, 0.1) is 29.4 Å². The summed E-state index contributed by atoms with van der Waals surface area (Å²) >= 11 is 0. The Labute approximate surface area is 209 Å². The van der Waals surface area contributed by atoms with E-state index in [2.05, 4.69) is 9.82 Å². The Morgan fingerprint density at radius 3 is 2.28 bits per heavy atom. The van der Waals surface area contributed by atoms with Crippen LogP contribution in [0.2, 0.25) is 0 Å². The fourth-order valence-corrected chi connectivity index (χ4v) is 4.91. The van der Waals surface area contributed by atoms with Gasteiger partial charge < -0.3 is 0 Å². The quantitative estimate of drug-likeness (QED) is 0.419. The van der Waals surface area contributed by atoms with Crippen molar-refractivity contribution < 1.29 is 13.2 Å². The number of carbonyl (C=O) groups excluding carboxylic acids is 1. The summed E-state index contributed by atoms with van der Waals surface area (Å²) in [5, 5.41) is 11.0. The SMILES string of the molecule is CC(=O)N1N=C(c2cccc(NS(C)(=O)=O)c2)C[C@@H]1c1cn(-c2ccccc2)nc1-c1ccccc1. The van der Waals surface area contributed by atoms with Crippen molar-refractivity contribution in [2.75, 3.05) is 11.0 Å². The van der Waals surface area contributed by atoms with E-state index in [0.29, 0.717) is 17.8 Å².